The van der Waals surface area contributed by atoms with Crippen molar-refractivity contribution < 1.29 is 4.74 Å². The van der Waals surface area contributed by atoms with E-state index in [9.17, 15) is 0 Å². The Balaban J connectivity index is 2.40. The molecule has 2 N–H and O–H groups in total. The average Bonchev–Trinajstić information content (AvgIpc) is 2.20. The lowest BCUT2D eigenvalue weighted by molar-refractivity contribution is -0.0435. The number of ether oxygens (including phenoxy) is 1. The van der Waals surface area contributed by atoms with Crippen molar-refractivity contribution in [3.63, 3.8) is 0 Å². The molecule has 3 heteroatoms. The number of hydrogen-bond donors (Lipinski definition) is 1. The van der Waals surface area contributed by atoms with Gasteiger partial charge < -0.3 is 10.5 Å². The molecular formula is C10H22N2O. The monoisotopic (exact) mass is 186 g/mol. The molecule has 0 spiro atoms. The first kappa shape index (κ1) is 11.0. The number of nitrogens with zero attached hydrogens (tertiary/aromatic N) is 1. The molecule has 0 aromatic carbocycles. The fourth-order valence-electron chi connectivity index (χ4n) is 1.89. The van der Waals surface area contributed by atoms with Gasteiger partial charge in [-0.25, -0.2) is 0 Å². The molecular weight excluding hydrogens is 164 g/mol. The molecule has 1 heterocycles. The third-order valence-corrected chi connectivity index (χ3v) is 2.89. The van der Waals surface area contributed by atoms with Crippen molar-refractivity contribution in [3.05, 3.63) is 0 Å². The highest BCUT2D eigenvalue weighted by Crippen LogP contribution is 2.12. The van der Waals surface area contributed by atoms with E-state index in [1.54, 1.807) is 0 Å². The van der Waals surface area contributed by atoms with Crippen LogP contribution in [-0.4, -0.2) is 43.3 Å². The lowest BCUT2D eigenvalue weighted by atomic mass is 10.1. The van der Waals surface area contributed by atoms with Crippen molar-refractivity contribution in [2.24, 2.45) is 5.73 Å². The molecule has 1 aliphatic heterocycles. The van der Waals surface area contributed by atoms with E-state index in [-0.39, 0.29) is 0 Å². The van der Waals surface area contributed by atoms with Gasteiger partial charge >= 0.3 is 0 Å². The first-order valence-electron chi connectivity index (χ1n) is 5.37. The second-order valence-electron chi connectivity index (χ2n) is 3.69. The van der Waals surface area contributed by atoms with Crippen LogP contribution in [-0.2, 0) is 4.74 Å². The Kier molecular flexibility index (Phi) is 4.70. The first-order valence-corrected chi connectivity index (χ1v) is 5.37. The van der Waals surface area contributed by atoms with Gasteiger partial charge in [-0.1, -0.05) is 13.8 Å². The summed E-state index contributed by atoms with van der Waals surface area (Å²) in [5.74, 6) is 0. The molecule has 78 valence electrons. The van der Waals surface area contributed by atoms with Crippen molar-refractivity contribution >= 4 is 0 Å². The van der Waals surface area contributed by atoms with Crippen molar-refractivity contribution in [2.45, 2.75) is 38.8 Å². The highest BCUT2D eigenvalue weighted by molar-refractivity contribution is 4.77. The van der Waals surface area contributed by atoms with Gasteiger partial charge in [0.1, 0.15) is 0 Å². The topological polar surface area (TPSA) is 38.5 Å². The molecule has 13 heavy (non-hydrogen) atoms. The molecule has 0 bridgehead atoms. The van der Waals surface area contributed by atoms with Gasteiger partial charge in [0.2, 0.25) is 0 Å². The van der Waals surface area contributed by atoms with Crippen LogP contribution in [0.15, 0.2) is 0 Å². The standard InChI is InChI=1S/C10H22N2O/c1-3-9(7-11)12-5-6-13-10(4-2)8-12/h9-10H,3-8,11H2,1-2H3. The zero-order chi connectivity index (χ0) is 9.68. The van der Waals surface area contributed by atoms with Crippen LogP contribution in [0.5, 0.6) is 0 Å². The van der Waals surface area contributed by atoms with E-state index in [1.807, 2.05) is 0 Å². The number of rotatable bonds is 4. The highest BCUT2D eigenvalue weighted by atomic mass is 16.5. The minimum absolute atomic E-state index is 0.425. The van der Waals surface area contributed by atoms with E-state index in [4.69, 9.17) is 10.5 Å². The van der Waals surface area contributed by atoms with Gasteiger partial charge in [-0.3, -0.25) is 4.90 Å². The normalized spacial score (nSPS) is 27.5. The number of hydrogen-bond acceptors (Lipinski definition) is 3. The fraction of sp³-hybridized carbons (Fsp3) is 1.00. The predicted octanol–water partition coefficient (Wildman–Crippen LogP) is 0.835. The van der Waals surface area contributed by atoms with Gasteiger partial charge in [0.25, 0.3) is 0 Å². The van der Waals surface area contributed by atoms with Crippen LogP contribution in [0.25, 0.3) is 0 Å². The fourth-order valence-corrected chi connectivity index (χ4v) is 1.89. The Morgan fingerprint density at radius 3 is 2.85 bits per heavy atom. The zero-order valence-corrected chi connectivity index (χ0v) is 8.83. The van der Waals surface area contributed by atoms with E-state index in [1.165, 1.54) is 0 Å². The lowest BCUT2D eigenvalue weighted by Crippen LogP contribution is -2.49. The molecule has 0 aromatic rings. The maximum absolute atomic E-state index is 5.72. The molecule has 3 nitrogen and oxygen atoms in total. The molecule has 0 aliphatic carbocycles. The summed E-state index contributed by atoms with van der Waals surface area (Å²) < 4.78 is 5.61. The van der Waals surface area contributed by atoms with Gasteiger partial charge in [-0.05, 0) is 12.8 Å². The number of morpholine rings is 1. The lowest BCUT2D eigenvalue weighted by Gasteiger charge is -2.37. The van der Waals surface area contributed by atoms with Gasteiger partial charge in [-0.15, -0.1) is 0 Å². The summed E-state index contributed by atoms with van der Waals surface area (Å²) in [7, 11) is 0. The van der Waals surface area contributed by atoms with Crippen LogP contribution in [0.1, 0.15) is 26.7 Å². The Hall–Kier alpha value is -0.120. The minimum atomic E-state index is 0.425. The van der Waals surface area contributed by atoms with Gasteiger partial charge in [0, 0.05) is 25.7 Å². The quantitative estimate of drug-likeness (QED) is 0.707. The van der Waals surface area contributed by atoms with Crippen LogP contribution in [0.3, 0.4) is 0 Å². The summed E-state index contributed by atoms with van der Waals surface area (Å²) in [4.78, 5) is 2.47. The van der Waals surface area contributed by atoms with Crippen LogP contribution in [0, 0.1) is 0 Å². The highest BCUT2D eigenvalue weighted by Gasteiger charge is 2.23. The summed E-state index contributed by atoms with van der Waals surface area (Å²) in [5, 5.41) is 0. The summed E-state index contributed by atoms with van der Waals surface area (Å²) in [5.41, 5.74) is 5.72. The van der Waals surface area contributed by atoms with E-state index in [0.717, 1.165) is 39.1 Å². The molecule has 2 unspecified atom stereocenters. The molecule has 0 amide bonds. The van der Waals surface area contributed by atoms with E-state index < -0.39 is 0 Å². The zero-order valence-electron chi connectivity index (χ0n) is 8.83. The molecule has 1 saturated heterocycles. The smallest absolute Gasteiger partial charge is 0.0700 e. The minimum Gasteiger partial charge on any atom is -0.376 e. The Morgan fingerprint density at radius 1 is 1.54 bits per heavy atom. The van der Waals surface area contributed by atoms with Crippen molar-refractivity contribution in [1.29, 1.82) is 0 Å². The molecule has 1 aliphatic rings. The van der Waals surface area contributed by atoms with Gasteiger partial charge in [0.15, 0.2) is 0 Å². The van der Waals surface area contributed by atoms with Crippen LogP contribution < -0.4 is 5.73 Å². The molecule has 1 rings (SSSR count). The van der Waals surface area contributed by atoms with Gasteiger partial charge in [-0.2, -0.15) is 0 Å². The largest absolute Gasteiger partial charge is 0.376 e. The van der Waals surface area contributed by atoms with Gasteiger partial charge in [0.05, 0.1) is 12.7 Å². The molecule has 2 atom stereocenters. The number of nitrogens with two attached hydrogens (primary N) is 1. The summed E-state index contributed by atoms with van der Waals surface area (Å²) in [6.45, 7) is 8.13. The second kappa shape index (κ2) is 5.58. The molecule has 0 radical (unpaired) electrons. The summed E-state index contributed by atoms with van der Waals surface area (Å²) in [6, 6.07) is 0.554. The van der Waals surface area contributed by atoms with Crippen LogP contribution in [0.4, 0.5) is 0 Å². The third kappa shape index (κ3) is 2.93. The summed E-state index contributed by atoms with van der Waals surface area (Å²) in [6.07, 6.45) is 2.68. The summed E-state index contributed by atoms with van der Waals surface area (Å²) >= 11 is 0. The Morgan fingerprint density at radius 2 is 2.31 bits per heavy atom. The Bertz CT molecular complexity index is 137. The van der Waals surface area contributed by atoms with Crippen LogP contribution >= 0.6 is 0 Å². The first-order chi connectivity index (χ1) is 6.31. The molecule has 0 aromatic heterocycles. The van der Waals surface area contributed by atoms with Crippen molar-refractivity contribution in [2.75, 3.05) is 26.2 Å². The van der Waals surface area contributed by atoms with E-state index in [2.05, 4.69) is 18.7 Å². The average molecular weight is 186 g/mol. The maximum atomic E-state index is 5.72. The predicted molar refractivity (Wildman–Crippen MR) is 54.7 cm³/mol. The van der Waals surface area contributed by atoms with E-state index >= 15 is 0 Å². The molecule has 0 saturated carbocycles. The molecule has 1 fully saturated rings. The Labute approximate surface area is 81.2 Å². The second-order valence-corrected chi connectivity index (χ2v) is 3.69. The third-order valence-electron chi connectivity index (χ3n) is 2.89. The van der Waals surface area contributed by atoms with Crippen molar-refractivity contribution in [3.8, 4) is 0 Å². The van der Waals surface area contributed by atoms with Crippen LogP contribution in [0.2, 0.25) is 0 Å². The SMILES string of the molecule is CCC1CN(C(CC)CN)CCO1. The van der Waals surface area contributed by atoms with Crippen molar-refractivity contribution in [1.82, 2.24) is 4.90 Å². The maximum Gasteiger partial charge on any atom is 0.0700 e. The van der Waals surface area contributed by atoms with E-state index in [0.29, 0.717) is 12.1 Å².